The highest BCUT2D eigenvalue weighted by Crippen LogP contribution is 2.28. The summed E-state index contributed by atoms with van der Waals surface area (Å²) in [6.45, 7) is 2.74. The lowest BCUT2D eigenvalue weighted by atomic mass is 9.95. The van der Waals surface area contributed by atoms with Crippen LogP contribution < -0.4 is 5.69 Å². The van der Waals surface area contributed by atoms with Crippen molar-refractivity contribution >= 4 is 5.91 Å². The van der Waals surface area contributed by atoms with Crippen LogP contribution in [0.25, 0.3) is 5.69 Å². The maximum Gasteiger partial charge on any atom is 0.347 e. The molecule has 4 rings (SSSR count). The lowest BCUT2D eigenvalue weighted by Gasteiger charge is -2.31. The molecule has 1 aliphatic rings. The minimum absolute atomic E-state index is 0.0676. The van der Waals surface area contributed by atoms with Crippen LogP contribution in [0.15, 0.2) is 53.3 Å². The van der Waals surface area contributed by atoms with Gasteiger partial charge in [0.1, 0.15) is 11.6 Å². The van der Waals surface area contributed by atoms with Crippen molar-refractivity contribution in [2.75, 3.05) is 13.1 Å². The largest absolute Gasteiger partial charge is 0.347 e. The molecule has 1 saturated heterocycles. The Morgan fingerprint density at radius 1 is 1.14 bits per heavy atom. The summed E-state index contributed by atoms with van der Waals surface area (Å²) in [7, 11) is 0. The topological polar surface area (TPSA) is 71.0 Å². The van der Waals surface area contributed by atoms with E-state index in [9.17, 15) is 14.0 Å². The number of hydrogen-bond donors (Lipinski definition) is 1. The van der Waals surface area contributed by atoms with Crippen molar-refractivity contribution in [2.24, 2.45) is 0 Å². The number of likely N-dealkylation sites (tertiary alicyclic amines) is 1. The molecule has 144 valence electrons. The molecule has 7 heteroatoms. The second kappa shape index (κ2) is 7.42. The van der Waals surface area contributed by atoms with Crippen molar-refractivity contribution in [3.8, 4) is 5.69 Å². The number of amides is 1. The Morgan fingerprint density at radius 2 is 1.86 bits per heavy atom. The molecule has 1 aromatic heterocycles. The van der Waals surface area contributed by atoms with E-state index < -0.39 is 0 Å². The molecule has 28 heavy (non-hydrogen) atoms. The first kappa shape index (κ1) is 18.2. The first-order valence-electron chi connectivity index (χ1n) is 9.33. The number of aryl methyl sites for hydroxylation is 1. The SMILES string of the molecule is Cc1ccc(C(=O)N2CCC(c3n[nH]c(=O)n3-c3ccccc3)CC2)cc1F. The Morgan fingerprint density at radius 3 is 2.54 bits per heavy atom. The number of carbonyl (C=O) groups is 1. The quantitative estimate of drug-likeness (QED) is 0.759. The number of nitrogens with one attached hydrogen (secondary N) is 1. The van der Waals surface area contributed by atoms with Gasteiger partial charge in [-0.1, -0.05) is 24.3 Å². The number of aromatic amines is 1. The third-order valence-corrected chi connectivity index (χ3v) is 5.28. The molecule has 1 N–H and O–H groups in total. The van der Waals surface area contributed by atoms with Gasteiger partial charge in [-0.15, -0.1) is 0 Å². The van der Waals surface area contributed by atoms with E-state index in [0.717, 1.165) is 5.69 Å². The average molecular weight is 380 g/mol. The number of carbonyl (C=O) groups excluding carboxylic acids is 1. The molecule has 6 nitrogen and oxygen atoms in total. The zero-order valence-electron chi connectivity index (χ0n) is 15.6. The first-order valence-corrected chi connectivity index (χ1v) is 9.33. The number of H-pyrrole nitrogens is 1. The summed E-state index contributed by atoms with van der Waals surface area (Å²) >= 11 is 0. The maximum absolute atomic E-state index is 13.8. The molecule has 0 unspecified atom stereocenters. The fourth-order valence-electron chi connectivity index (χ4n) is 3.66. The van der Waals surface area contributed by atoms with Gasteiger partial charge in [0.15, 0.2) is 0 Å². The van der Waals surface area contributed by atoms with Gasteiger partial charge in [0, 0.05) is 24.6 Å². The van der Waals surface area contributed by atoms with Crippen molar-refractivity contribution in [1.82, 2.24) is 19.7 Å². The summed E-state index contributed by atoms with van der Waals surface area (Å²) in [5.41, 5.74) is 1.38. The fourth-order valence-corrected chi connectivity index (χ4v) is 3.66. The molecule has 0 spiro atoms. The molecule has 0 atom stereocenters. The molecule has 0 saturated carbocycles. The molecule has 2 heterocycles. The van der Waals surface area contributed by atoms with E-state index >= 15 is 0 Å². The normalized spacial score (nSPS) is 15.0. The van der Waals surface area contributed by atoms with E-state index in [4.69, 9.17) is 0 Å². The Hall–Kier alpha value is -3.22. The molecule has 1 aliphatic heterocycles. The molecular formula is C21H21FN4O2. The zero-order chi connectivity index (χ0) is 19.7. The van der Waals surface area contributed by atoms with Crippen molar-refractivity contribution in [1.29, 1.82) is 0 Å². The van der Waals surface area contributed by atoms with E-state index in [0.29, 0.717) is 42.9 Å². The molecule has 0 radical (unpaired) electrons. The smallest absolute Gasteiger partial charge is 0.339 e. The maximum atomic E-state index is 13.8. The zero-order valence-corrected chi connectivity index (χ0v) is 15.6. The predicted molar refractivity (Wildman–Crippen MR) is 103 cm³/mol. The second-order valence-electron chi connectivity index (χ2n) is 7.09. The van der Waals surface area contributed by atoms with Gasteiger partial charge >= 0.3 is 5.69 Å². The minimum Gasteiger partial charge on any atom is -0.339 e. The Labute approximate surface area is 161 Å². The fraction of sp³-hybridized carbons (Fsp3) is 0.286. The number of aromatic nitrogens is 3. The second-order valence-corrected chi connectivity index (χ2v) is 7.09. The Balaban J connectivity index is 1.50. The number of piperidine rings is 1. The van der Waals surface area contributed by atoms with Crippen LogP contribution in [0.4, 0.5) is 4.39 Å². The molecule has 2 aromatic carbocycles. The van der Waals surface area contributed by atoms with Gasteiger partial charge in [-0.05, 0) is 49.6 Å². The van der Waals surface area contributed by atoms with Gasteiger partial charge in [0.2, 0.25) is 0 Å². The van der Waals surface area contributed by atoms with Crippen LogP contribution in [0.2, 0.25) is 0 Å². The van der Waals surface area contributed by atoms with Crippen molar-refractivity contribution in [3.63, 3.8) is 0 Å². The predicted octanol–water partition coefficient (Wildman–Crippen LogP) is 3.03. The third-order valence-electron chi connectivity index (χ3n) is 5.28. The number of nitrogens with zero attached hydrogens (tertiary/aromatic N) is 3. The Kier molecular flexibility index (Phi) is 4.81. The van der Waals surface area contributed by atoms with E-state index in [-0.39, 0.29) is 23.3 Å². The van der Waals surface area contributed by atoms with Gasteiger partial charge in [0.25, 0.3) is 5.91 Å². The molecule has 1 fully saturated rings. The number of rotatable bonds is 3. The average Bonchev–Trinajstić information content (AvgIpc) is 3.11. The molecule has 3 aromatic rings. The molecule has 1 amide bonds. The first-order chi connectivity index (χ1) is 13.5. The summed E-state index contributed by atoms with van der Waals surface area (Å²) in [5.74, 6) is 0.214. The Bertz CT molecular complexity index is 1050. The van der Waals surface area contributed by atoms with Crippen LogP contribution >= 0.6 is 0 Å². The van der Waals surface area contributed by atoms with E-state index in [1.165, 1.54) is 6.07 Å². The van der Waals surface area contributed by atoms with Gasteiger partial charge in [-0.3, -0.25) is 4.79 Å². The molecule has 0 bridgehead atoms. The van der Waals surface area contributed by atoms with Crippen LogP contribution in [-0.4, -0.2) is 38.7 Å². The summed E-state index contributed by atoms with van der Waals surface area (Å²) in [6, 6.07) is 14.0. The lowest BCUT2D eigenvalue weighted by Crippen LogP contribution is -2.38. The van der Waals surface area contributed by atoms with Crippen LogP contribution in [-0.2, 0) is 0 Å². The number of benzene rings is 2. The number of para-hydroxylation sites is 1. The van der Waals surface area contributed by atoms with Crippen LogP contribution in [0.1, 0.15) is 40.5 Å². The number of halogens is 1. The lowest BCUT2D eigenvalue weighted by molar-refractivity contribution is 0.0710. The highest BCUT2D eigenvalue weighted by atomic mass is 19.1. The minimum atomic E-state index is -0.371. The molecule has 0 aliphatic carbocycles. The van der Waals surface area contributed by atoms with Crippen LogP contribution in [0, 0.1) is 12.7 Å². The summed E-state index contributed by atoms with van der Waals surface area (Å²) in [5, 5.41) is 6.78. The highest BCUT2D eigenvalue weighted by Gasteiger charge is 2.28. The van der Waals surface area contributed by atoms with Gasteiger partial charge < -0.3 is 4.90 Å². The highest BCUT2D eigenvalue weighted by molar-refractivity contribution is 5.94. The summed E-state index contributed by atoms with van der Waals surface area (Å²) in [6.07, 6.45) is 1.38. The van der Waals surface area contributed by atoms with Crippen molar-refractivity contribution < 1.29 is 9.18 Å². The molecular weight excluding hydrogens is 359 g/mol. The summed E-state index contributed by atoms with van der Waals surface area (Å²) in [4.78, 5) is 26.7. The third kappa shape index (κ3) is 3.35. The number of hydrogen-bond acceptors (Lipinski definition) is 3. The standard InChI is InChI=1S/C21H21FN4O2/c1-14-7-8-16(13-18(14)22)20(27)25-11-9-15(10-12-25)19-23-24-21(28)26(19)17-5-3-2-4-6-17/h2-8,13,15H,9-12H2,1H3,(H,24,28). The van der Waals surface area contributed by atoms with Gasteiger partial charge in [0.05, 0.1) is 5.69 Å². The monoisotopic (exact) mass is 380 g/mol. The van der Waals surface area contributed by atoms with Crippen LogP contribution in [0.3, 0.4) is 0 Å². The van der Waals surface area contributed by atoms with Gasteiger partial charge in [-0.25, -0.2) is 18.9 Å². The summed E-state index contributed by atoms with van der Waals surface area (Å²) < 4.78 is 15.4. The van der Waals surface area contributed by atoms with E-state index in [1.54, 1.807) is 28.5 Å². The van der Waals surface area contributed by atoms with Gasteiger partial charge in [-0.2, -0.15) is 5.10 Å². The van der Waals surface area contributed by atoms with Crippen molar-refractivity contribution in [2.45, 2.75) is 25.7 Å². The van der Waals surface area contributed by atoms with E-state index in [2.05, 4.69) is 10.2 Å². The van der Waals surface area contributed by atoms with Crippen LogP contribution in [0.5, 0.6) is 0 Å². The van der Waals surface area contributed by atoms with Crippen molar-refractivity contribution in [3.05, 3.63) is 81.8 Å². The van der Waals surface area contributed by atoms with E-state index in [1.807, 2.05) is 30.3 Å².